The predicted octanol–water partition coefficient (Wildman–Crippen LogP) is -0.281. The minimum Gasteiger partial charge on any atom is -0.394 e. The zero-order valence-corrected chi connectivity index (χ0v) is 5.77. The molecule has 2 N–H and O–H groups in total. The fourth-order valence-electron chi connectivity index (χ4n) is 0. The van der Waals surface area contributed by atoms with E-state index in [9.17, 15) is 0 Å². The van der Waals surface area contributed by atoms with Gasteiger partial charge in [0.2, 0.25) is 0 Å². The van der Waals surface area contributed by atoms with Crippen LogP contribution in [0.1, 0.15) is 0 Å². The lowest BCUT2D eigenvalue weighted by atomic mass is 10.8. The molecule has 0 aliphatic rings. The van der Waals surface area contributed by atoms with Gasteiger partial charge in [0, 0.05) is 0 Å². The Morgan fingerprint density at radius 2 is 0.700 bits per heavy atom. The summed E-state index contributed by atoms with van der Waals surface area (Å²) in [5.74, 6) is 0. The number of terminal acetylenes is 3. The van der Waals surface area contributed by atoms with Crippen LogP contribution in [0, 0.1) is 38.5 Å². The molecule has 0 spiro atoms. The zero-order chi connectivity index (χ0) is 9.41. The minimum absolute atomic E-state index is 0.125. The van der Waals surface area contributed by atoms with Crippen LogP contribution in [0.25, 0.3) is 0 Å². The van der Waals surface area contributed by atoms with Crippen LogP contribution in [0.5, 0.6) is 0 Å². The first-order chi connectivity index (χ1) is 4.91. The van der Waals surface area contributed by atoms with E-state index in [0.29, 0.717) is 0 Å². The third-order valence-electron chi connectivity index (χ3n) is 0.1000. The summed E-state index contributed by atoms with van der Waals surface area (Å²) in [4.78, 5) is 0. The summed E-state index contributed by atoms with van der Waals surface area (Å²) in [6.45, 7) is -0.250. The van der Waals surface area contributed by atoms with Gasteiger partial charge in [0.25, 0.3) is 0 Å². The van der Waals surface area contributed by atoms with E-state index in [2.05, 4.69) is 38.5 Å². The lowest BCUT2D eigenvalue weighted by molar-refractivity contribution is 0.186. The molecule has 0 amide bonds. The van der Waals surface area contributed by atoms with Gasteiger partial charge in [0.15, 0.2) is 0 Å². The molecule has 0 aliphatic heterocycles. The molecule has 2 nitrogen and oxygen atoms in total. The molecule has 0 aromatic heterocycles. The normalized spacial score (nSPS) is 3.60. The molecule has 0 aliphatic carbocycles. The number of hydrogen-bond donors (Lipinski definition) is 2. The van der Waals surface area contributed by atoms with Crippen LogP contribution < -0.4 is 0 Å². The van der Waals surface area contributed by atoms with Crippen molar-refractivity contribution in [3.8, 4) is 38.5 Å². The molecule has 0 aromatic rings. The Labute approximate surface area is 62.9 Å². The van der Waals surface area contributed by atoms with Crippen molar-refractivity contribution in [1.29, 1.82) is 0 Å². The Kier molecular flexibility index (Phi) is 2160. The SMILES string of the molecule is C#C.C#C.C#C.OCCO. The maximum Gasteiger partial charge on any atom is 0.0662 e. The van der Waals surface area contributed by atoms with Crippen molar-refractivity contribution in [3.05, 3.63) is 0 Å². The van der Waals surface area contributed by atoms with Crippen molar-refractivity contribution >= 4 is 0 Å². The van der Waals surface area contributed by atoms with Gasteiger partial charge in [0.1, 0.15) is 0 Å². The van der Waals surface area contributed by atoms with Gasteiger partial charge in [-0.25, -0.2) is 0 Å². The summed E-state index contributed by atoms with van der Waals surface area (Å²) in [6.07, 6.45) is 24.0. The molecule has 0 radical (unpaired) electrons. The summed E-state index contributed by atoms with van der Waals surface area (Å²) < 4.78 is 0. The summed E-state index contributed by atoms with van der Waals surface area (Å²) in [6, 6.07) is 0. The number of aliphatic hydroxyl groups excluding tert-OH is 2. The van der Waals surface area contributed by atoms with Crippen LogP contribution >= 0.6 is 0 Å². The van der Waals surface area contributed by atoms with Crippen LogP contribution in [-0.2, 0) is 0 Å². The fraction of sp³-hybridized carbons (Fsp3) is 0.250. The maximum atomic E-state index is 7.62. The summed E-state index contributed by atoms with van der Waals surface area (Å²) in [5, 5.41) is 15.2. The van der Waals surface area contributed by atoms with Crippen molar-refractivity contribution < 1.29 is 10.2 Å². The fourth-order valence-corrected chi connectivity index (χ4v) is 0. The van der Waals surface area contributed by atoms with E-state index < -0.39 is 0 Å². The average molecular weight is 140 g/mol. The van der Waals surface area contributed by atoms with Gasteiger partial charge in [-0.1, -0.05) is 0 Å². The molecule has 0 atom stereocenters. The Hall–Kier alpha value is -1.40. The van der Waals surface area contributed by atoms with Crippen molar-refractivity contribution in [2.75, 3.05) is 13.2 Å². The first kappa shape index (κ1) is 23.5. The highest BCUT2D eigenvalue weighted by molar-refractivity contribution is 4.47. The highest BCUT2D eigenvalue weighted by atomic mass is 16.3. The first-order valence-corrected chi connectivity index (χ1v) is 2.13. The maximum absolute atomic E-state index is 7.62. The monoisotopic (exact) mass is 140 g/mol. The van der Waals surface area contributed by atoms with E-state index in [-0.39, 0.29) is 13.2 Å². The lowest BCUT2D eigenvalue weighted by Crippen LogP contribution is -1.85. The molecule has 0 saturated carbocycles. The van der Waals surface area contributed by atoms with E-state index >= 15 is 0 Å². The number of aliphatic hydroxyl groups is 2. The van der Waals surface area contributed by atoms with Gasteiger partial charge < -0.3 is 10.2 Å². The van der Waals surface area contributed by atoms with E-state index in [4.69, 9.17) is 10.2 Å². The highest BCUT2D eigenvalue weighted by Gasteiger charge is 1.58. The van der Waals surface area contributed by atoms with Crippen LogP contribution in [-0.4, -0.2) is 23.4 Å². The molecular weight excluding hydrogens is 128 g/mol. The molecular formula is C8H12O2. The molecule has 0 aromatic carbocycles. The molecule has 0 saturated heterocycles. The zero-order valence-electron chi connectivity index (χ0n) is 5.77. The van der Waals surface area contributed by atoms with Gasteiger partial charge in [-0.2, -0.15) is 0 Å². The molecule has 10 heavy (non-hydrogen) atoms. The Balaban J connectivity index is -0.0000000262. The summed E-state index contributed by atoms with van der Waals surface area (Å²) >= 11 is 0. The largest absolute Gasteiger partial charge is 0.394 e. The average Bonchev–Trinajstić information content (AvgIpc) is 2.14. The van der Waals surface area contributed by atoms with Crippen LogP contribution in [0.2, 0.25) is 0 Å². The van der Waals surface area contributed by atoms with Crippen LogP contribution in [0.15, 0.2) is 0 Å². The van der Waals surface area contributed by atoms with E-state index in [1.54, 1.807) is 0 Å². The highest BCUT2D eigenvalue weighted by Crippen LogP contribution is 1.39. The van der Waals surface area contributed by atoms with E-state index in [1.807, 2.05) is 0 Å². The van der Waals surface area contributed by atoms with Crippen molar-refractivity contribution in [2.45, 2.75) is 0 Å². The van der Waals surface area contributed by atoms with Crippen molar-refractivity contribution in [3.63, 3.8) is 0 Å². The van der Waals surface area contributed by atoms with Crippen molar-refractivity contribution in [1.82, 2.24) is 0 Å². The third-order valence-corrected chi connectivity index (χ3v) is 0.1000. The summed E-state index contributed by atoms with van der Waals surface area (Å²) in [7, 11) is 0. The third kappa shape index (κ3) is 1290. The summed E-state index contributed by atoms with van der Waals surface area (Å²) in [5.41, 5.74) is 0. The second-order valence-corrected chi connectivity index (χ2v) is 0.447. The molecule has 0 rings (SSSR count). The molecule has 0 unspecified atom stereocenters. The van der Waals surface area contributed by atoms with Gasteiger partial charge in [-0.05, 0) is 0 Å². The number of hydrogen-bond acceptors (Lipinski definition) is 2. The Morgan fingerprint density at radius 1 is 0.600 bits per heavy atom. The van der Waals surface area contributed by atoms with Gasteiger partial charge in [0.05, 0.1) is 13.2 Å². The van der Waals surface area contributed by atoms with Crippen molar-refractivity contribution in [2.24, 2.45) is 0 Å². The van der Waals surface area contributed by atoms with Gasteiger partial charge in [-0.15, -0.1) is 38.5 Å². The second-order valence-electron chi connectivity index (χ2n) is 0.447. The van der Waals surface area contributed by atoms with Gasteiger partial charge in [-0.3, -0.25) is 0 Å². The lowest BCUT2D eigenvalue weighted by Gasteiger charge is -1.70. The number of rotatable bonds is 1. The second kappa shape index (κ2) is 920. The standard InChI is InChI=1S/C2H6O2.3C2H2/c3-1-2-4;3*1-2/h3-4H,1-2H2;3*1-2H. The Bertz CT molecular complexity index is 52.8. The molecule has 0 heterocycles. The minimum atomic E-state index is -0.125. The smallest absolute Gasteiger partial charge is 0.0662 e. The topological polar surface area (TPSA) is 40.5 Å². The molecule has 2 heteroatoms. The first-order valence-electron chi connectivity index (χ1n) is 2.13. The van der Waals surface area contributed by atoms with Crippen LogP contribution in [0.4, 0.5) is 0 Å². The quantitative estimate of drug-likeness (QED) is 0.492. The molecule has 56 valence electrons. The van der Waals surface area contributed by atoms with Crippen LogP contribution in [0.3, 0.4) is 0 Å². The molecule has 0 bridgehead atoms. The van der Waals surface area contributed by atoms with E-state index in [0.717, 1.165) is 0 Å². The van der Waals surface area contributed by atoms with E-state index in [1.165, 1.54) is 0 Å². The predicted molar refractivity (Wildman–Crippen MR) is 43.8 cm³/mol. The Morgan fingerprint density at radius 3 is 0.700 bits per heavy atom. The van der Waals surface area contributed by atoms with Gasteiger partial charge >= 0.3 is 0 Å². The molecule has 0 fully saturated rings.